The van der Waals surface area contributed by atoms with Crippen LogP contribution >= 0.6 is 11.8 Å². The van der Waals surface area contributed by atoms with Gasteiger partial charge in [0.2, 0.25) is 5.91 Å². The average Bonchev–Trinajstić information content (AvgIpc) is 2.99. The molecule has 3 aromatic rings. The van der Waals surface area contributed by atoms with Crippen molar-refractivity contribution in [1.82, 2.24) is 9.55 Å². The Hall–Kier alpha value is -2.87. The van der Waals surface area contributed by atoms with Gasteiger partial charge >= 0.3 is 0 Å². The minimum absolute atomic E-state index is 0.00605. The lowest BCUT2D eigenvalue weighted by Crippen LogP contribution is -2.15. The van der Waals surface area contributed by atoms with Gasteiger partial charge in [0.25, 0.3) is 5.69 Å². The zero-order valence-electron chi connectivity index (χ0n) is 14.4. The number of fused-ring (bicyclic) bond motifs is 1. The Balaban J connectivity index is 1.69. The second-order valence-corrected chi connectivity index (χ2v) is 6.66. The summed E-state index contributed by atoms with van der Waals surface area (Å²) in [5.41, 5.74) is 3.18. The van der Waals surface area contributed by atoms with Crippen molar-refractivity contribution in [2.24, 2.45) is 0 Å². The van der Waals surface area contributed by atoms with Gasteiger partial charge in [-0.1, -0.05) is 23.9 Å². The monoisotopic (exact) mass is 370 g/mol. The van der Waals surface area contributed by atoms with Gasteiger partial charge in [0.1, 0.15) is 0 Å². The van der Waals surface area contributed by atoms with Gasteiger partial charge in [-0.25, -0.2) is 4.98 Å². The molecule has 0 aliphatic rings. The molecule has 0 radical (unpaired) electrons. The highest BCUT2D eigenvalue weighted by Crippen LogP contribution is 2.25. The first kappa shape index (κ1) is 17.9. The van der Waals surface area contributed by atoms with Gasteiger partial charge < -0.3 is 9.88 Å². The summed E-state index contributed by atoms with van der Waals surface area (Å²) in [6.07, 6.45) is 0. The molecule has 0 bridgehead atoms. The molecular weight excluding hydrogens is 352 g/mol. The van der Waals surface area contributed by atoms with Crippen LogP contribution in [0.15, 0.2) is 47.6 Å². The normalized spacial score (nSPS) is 10.8. The largest absolute Gasteiger partial charge is 0.325 e. The number of anilines is 1. The number of nitrogens with zero attached hydrogens (tertiary/aromatic N) is 3. The molecule has 0 unspecified atom stereocenters. The van der Waals surface area contributed by atoms with Crippen LogP contribution in [0.25, 0.3) is 11.0 Å². The van der Waals surface area contributed by atoms with Gasteiger partial charge in [-0.05, 0) is 37.6 Å². The molecular formula is C18H18N4O3S. The summed E-state index contributed by atoms with van der Waals surface area (Å²) in [5, 5.41) is 14.4. The number of aryl methyl sites for hydroxylation is 2. The molecule has 2 aromatic carbocycles. The predicted molar refractivity (Wildman–Crippen MR) is 103 cm³/mol. The summed E-state index contributed by atoms with van der Waals surface area (Å²) in [6.45, 7) is 4.54. The summed E-state index contributed by atoms with van der Waals surface area (Å²) in [4.78, 5) is 27.2. The van der Waals surface area contributed by atoms with Gasteiger partial charge in [-0.3, -0.25) is 14.9 Å². The molecule has 8 heteroatoms. The molecule has 1 N–H and O–H groups in total. The molecule has 0 aliphatic carbocycles. The average molecular weight is 370 g/mol. The summed E-state index contributed by atoms with van der Waals surface area (Å²) < 4.78 is 2.07. The molecule has 26 heavy (non-hydrogen) atoms. The van der Waals surface area contributed by atoms with Crippen LogP contribution in [0.2, 0.25) is 0 Å². The Morgan fingerprint density at radius 1 is 1.31 bits per heavy atom. The Morgan fingerprint density at radius 3 is 2.77 bits per heavy atom. The van der Waals surface area contributed by atoms with E-state index >= 15 is 0 Å². The lowest BCUT2D eigenvalue weighted by Gasteiger charge is -2.09. The molecule has 0 spiro atoms. The maximum Gasteiger partial charge on any atom is 0.269 e. The first-order chi connectivity index (χ1) is 12.5. The van der Waals surface area contributed by atoms with Gasteiger partial charge in [0, 0.05) is 24.4 Å². The molecule has 1 amide bonds. The number of amides is 1. The van der Waals surface area contributed by atoms with E-state index in [1.807, 2.05) is 31.2 Å². The van der Waals surface area contributed by atoms with Crippen LogP contribution in [0, 0.1) is 17.0 Å². The number of carbonyl (C=O) groups excluding carboxylic acids is 1. The molecule has 1 aromatic heterocycles. The van der Waals surface area contributed by atoms with Crippen molar-refractivity contribution in [3.8, 4) is 0 Å². The van der Waals surface area contributed by atoms with Crippen LogP contribution in [-0.2, 0) is 11.3 Å². The van der Waals surface area contributed by atoms with Crippen molar-refractivity contribution in [2.45, 2.75) is 25.5 Å². The number of nitro benzene ring substituents is 1. The number of hydrogen-bond donors (Lipinski definition) is 1. The second kappa shape index (κ2) is 7.57. The fourth-order valence-electron chi connectivity index (χ4n) is 2.69. The predicted octanol–water partition coefficient (Wildman–Crippen LogP) is 4.00. The molecule has 7 nitrogen and oxygen atoms in total. The van der Waals surface area contributed by atoms with E-state index in [9.17, 15) is 14.9 Å². The van der Waals surface area contributed by atoms with E-state index in [1.165, 1.54) is 23.9 Å². The minimum atomic E-state index is -0.455. The van der Waals surface area contributed by atoms with E-state index in [4.69, 9.17) is 0 Å². The number of para-hydroxylation sites is 2. The number of imidazole rings is 1. The summed E-state index contributed by atoms with van der Waals surface area (Å²) >= 11 is 1.37. The van der Waals surface area contributed by atoms with Crippen LogP contribution in [0.4, 0.5) is 11.4 Å². The lowest BCUT2D eigenvalue weighted by atomic mass is 10.2. The smallest absolute Gasteiger partial charge is 0.269 e. The Morgan fingerprint density at radius 2 is 2.08 bits per heavy atom. The SMILES string of the molecule is CCn1c(SCC(=O)Nc2ccc([N+](=O)[O-])cc2C)nc2ccccc21. The third-order valence-corrected chi connectivity index (χ3v) is 4.94. The van der Waals surface area contributed by atoms with Crippen LogP contribution in [0.3, 0.4) is 0 Å². The number of nitro groups is 1. The van der Waals surface area contributed by atoms with Gasteiger partial charge in [0.05, 0.1) is 21.7 Å². The highest BCUT2D eigenvalue weighted by molar-refractivity contribution is 7.99. The summed E-state index contributed by atoms with van der Waals surface area (Å²) in [5.74, 6) is 0.0291. The molecule has 3 rings (SSSR count). The van der Waals surface area contributed by atoms with E-state index < -0.39 is 4.92 Å². The highest BCUT2D eigenvalue weighted by atomic mass is 32.2. The van der Waals surface area contributed by atoms with Crippen molar-refractivity contribution < 1.29 is 9.72 Å². The van der Waals surface area contributed by atoms with E-state index in [-0.39, 0.29) is 17.3 Å². The maximum absolute atomic E-state index is 12.3. The van der Waals surface area contributed by atoms with E-state index in [0.717, 1.165) is 22.7 Å². The molecule has 0 aliphatic heterocycles. The summed E-state index contributed by atoms with van der Waals surface area (Å²) in [7, 11) is 0. The highest BCUT2D eigenvalue weighted by Gasteiger charge is 2.13. The van der Waals surface area contributed by atoms with Crippen molar-refractivity contribution in [3.05, 3.63) is 58.1 Å². The minimum Gasteiger partial charge on any atom is -0.325 e. The number of rotatable bonds is 6. The third-order valence-electron chi connectivity index (χ3n) is 3.96. The molecule has 134 valence electrons. The fourth-order valence-corrected chi connectivity index (χ4v) is 3.57. The van der Waals surface area contributed by atoms with E-state index in [0.29, 0.717) is 11.3 Å². The fraction of sp³-hybridized carbons (Fsp3) is 0.222. The van der Waals surface area contributed by atoms with Crippen molar-refractivity contribution in [2.75, 3.05) is 11.1 Å². The first-order valence-electron chi connectivity index (χ1n) is 8.12. The number of benzene rings is 2. The zero-order valence-corrected chi connectivity index (χ0v) is 15.2. The van der Waals surface area contributed by atoms with Crippen LogP contribution in [0.1, 0.15) is 12.5 Å². The second-order valence-electron chi connectivity index (χ2n) is 5.72. The van der Waals surface area contributed by atoms with Crippen molar-refractivity contribution in [3.63, 3.8) is 0 Å². The standard InChI is InChI=1S/C18H18N4O3S/c1-3-21-16-7-5-4-6-15(16)20-18(21)26-11-17(23)19-14-9-8-13(22(24)25)10-12(14)2/h4-10H,3,11H2,1-2H3,(H,19,23). The first-order valence-corrected chi connectivity index (χ1v) is 9.11. The Labute approximate surface area is 154 Å². The number of nitrogens with one attached hydrogen (secondary N) is 1. The van der Waals surface area contributed by atoms with Crippen molar-refractivity contribution >= 4 is 40.1 Å². The number of aromatic nitrogens is 2. The van der Waals surface area contributed by atoms with Crippen LogP contribution < -0.4 is 5.32 Å². The van der Waals surface area contributed by atoms with Gasteiger partial charge in [0.15, 0.2) is 5.16 Å². The quantitative estimate of drug-likeness (QED) is 0.402. The molecule has 0 atom stereocenters. The number of hydrogen-bond acceptors (Lipinski definition) is 5. The third kappa shape index (κ3) is 3.70. The lowest BCUT2D eigenvalue weighted by molar-refractivity contribution is -0.384. The Bertz CT molecular complexity index is 984. The van der Waals surface area contributed by atoms with Gasteiger partial charge in [-0.15, -0.1) is 0 Å². The topological polar surface area (TPSA) is 90.1 Å². The van der Waals surface area contributed by atoms with Crippen LogP contribution in [0.5, 0.6) is 0 Å². The molecule has 1 heterocycles. The number of carbonyl (C=O) groups is 1. The van der Waals surface area contributed by atoms with E-state index in [2.05, 4.69) is 14.9 Å². The number of thioether (sulfide) groups is 1. The maximum atomic E-state index is 12.3. The van der Waals surface area contributed by atoms with E-state index in [1.54, 1.807) is 13.0 Å². The molecule has 0 fully saturated rings. The number of non-ortho nitro benzene ring substituents is 1. The zero-order chi connectivity index (χ0) is 18.7. The van der Waals surface area contributed by atoms with Crippen LogP contribution in [-0.4, -0.2) is 26.1 Å². The Kier molecular flexibility index (Phi) is 5.22. The summed E-state index contributed by atoms with van der Waals surface area (Å²) in [6, 6.07) is 12.2. The molecule has 0 saturated carbocycles. The molecule has 0 saturated heterocycles. The van der Waals surface area contributed by atoms with Gasteiger partial charge in [-0.2, -0.15) is 0 Å². The van der Waals surface area contributed by atoms with Crippen molar-refractivity contribution in [1.29, 1.82) is 0 Å².